The lowest BCUT2D eigenvalue weighted by atomic mass is 10.0. The van der Waals surface area contributed by atoms with Crippen molar-refractivity contribution >= 4 is 34.5 Å². The van der Waals surface area contributed by atoms with E-state index in [1.807, 2.05) is 37.3 Å². The number of benzene rings is 3. The van der Waals surface area contributed by atoms with Crippen LogP contribution in [-0.2, 0) is 9.59 Å². The van der Waals surface area contributed by atoms with Gasteiger partial charge >= 0.3 is 0 Å². The second-order valence-electron chi connectivity index (χ2n) is 6.52. The van der Waals surface area contributed by atoms with Crippen molar-refractivity contribution in [3.8, 4) is 11.5 Å². The summed E-state index contributed by atoms with van der Waals surface area (Å²) in [5.74, 6) is 0.129. The van der Waals surface area contributed by atoms with E-state index in [-0.39, 0.29) is 24.5 Å². The molecule has 0 saturated carbocycles. The van der Waals surface area contributed by atoms with Gasteiger partial charge in [0.15, 0.2) is 0 Å². The Morgan fingerprint density at radius 3 is 2.50 bits per heavy atom. The third-order valence-corrected chi connectivity index (χ3v) is 4.36. The molecule has 3 rings (SSSR count). The number of amides is 2. The molecular formula is C23H23N3O4. The summed E-state index contributed by atoms with van der Waals surface area (Å²) in [6.45, 7) is 2.47. The van der Waals surface area contributed by atoms with Gasteiger partial charge in [-0.3, -0.25) is 9.59 Å². The molecule has 0 spiro atoms. The van der Waals surface area contributed by atoms with Crippen LogP contribution >= 0.6 is 0 Å². The van der Waals surface area contributed by atoms with Gasteiger partial charge in [0, 0.05) is 24.1 Å². The van der Waals surface area contributed by atoms with E-state index in [2.05, 4.69) is 15.8 Å². The maximum Gasteiger partial charge on any atom is 0.240 e. The minimum absolute atomic E-state index is 0.0122. The fraction of sp³-hybridized carbons (Fsp3) is 0.174. The number of hydrogen-bond acceptors (Lipinski definition) is 5. The minimum Gasteiger partial charge on any atom is -0.507 e. The molecule has 0 atom stereocenters. The van der Waals surface area contributed by atoms with Gasteiger partial charge in [0.25, 0.3) is 0 Å². The van der Waals surface area contributed by atoms with Crippen molar-refractivity contribution in [1.82, 2.24) is 5.43 Å². The number of rotatable bonds is 8. The summed E-state index contributed by atoms with van der Waals surface area (Å²) in [6.07, 6.45) is 1.41. The van der Waals surface area contributed by atoms with Gasteiger partial charge < -0.3 is 15.2 Å². The van der Waals surface area contributed by atoms with Crippen molar-refractivity contribution in [2.75, 3.05) is 11.9 Å². The van der Waals surface area contributed by atoms with Crippen molar-refractivity contribution < 1.29 is 19.4 Å². The average molecular weight is 405 g/mol. The standard InChI is InChI=1S/C23H23N3O4/c1-2-30-18-10-8-17(9-11-18)25-22(28)13-14-23(29)26-24-15-20-19-6-4-3-5-16(19)7-12-21(20)27/h3-12,15,27H,2,13-14H2,1H3,(H,25,28)(H,26,29). The van der Waals surface area contributed by atoms with Crippen LogP contribution in [0, 0.1) is 0 Å². The van der Waals surface area contributed by atoms with Gasteiger partial charge in [-0.25, -0.2) is 5.43 Å². The number of fused-ring (bicyclic) bond motifs is 1. The predicted octanol–water partition coefficient (Wildman–Crippen LogP) is 3.81. The van der Waals surface area contributed by atoms with Gasteiger partial charge in [0.05, 0.1) is 12.8 Å². The molecule has 0 fully saturated rings. The molecule has 3 aromatic carbocycles. The summed E-state index contributed by atoms with van der Waals surface area (Å²) >= 11 is 0. The fourth-order valence-corrected chi connectivity index (χ4v) is 2.90. The molecular weight excluding hydrogens is 382 g/mol. The van der Waals surface area contributed by atoms with Gasteiger partial charge in [0.2, 0.25) is 11.8 Å². The quantitative estimate of drug-likeness (QED) is 0.392. The monoisotopic (exact) mass is 405 g/mol. The molecule has 0 saturated heterocycles. The van der Waals surface area contributed by atoms with Gasteiger partial charge in [-0.05, 0) is 48.0 Å². The van der Waals surface area contributed by atoms with E-state index in [1.165, 1.54) is 6.21 Å². The summed E-state index contributed by atoms with van der Waals surface area (Å²) in [4.78, 5) is 24.0. The molecule has 3 aromatic rings. The Kier molecular flexibility index (Phi) is 7.00. The number of hydrogen-bond donors (Lipinski definition) is 3. The first kappa shape index (κ1) is 20.9. The van der Waals surface area contributed by atoms with E-state index >= 15 is 0 Å². The van der Waals surface area contributed by atoms with Crippen molar-refractivity contribution in [3.63, 3.8) is 0 Å². The number of phenolic OH excluding ortho intramolecular Hbond substituents is 1. The SMILES string of the molecule is CCOc1ccc(NC(=O)CCC(=O)NN=Cc2c(O)ccc3ccccc23)cc1. The first-order chi connectivity index (χ1) is 14.6. The summed E-state index contributed by atoms with van der Waals surface area (Å²) < 4.78 is 5.35. The Morgan fingerprint density at radius 2 is 1.73 bits per heavy atom. The molecule has 0 radical (unpaired) electrons. The third-order valence-electron chi connectivity index (χ3n) is 4.36. The summed E-state index contributed by atoms with van der Waals surface area (Å²) in [5, 5.41) is 18.5. The van der Waals surface area contributed by atoms with Crippen LogP contribution in [-0.4, -0.2) is 29.7 Å². The summed E-state index contributed by atoms with van der Waals surface area (Å²) in [6, 6.07) is 18.0. The smallest absolute Gasteiger partial charge is 0.240 e. The van der Waals surface area contributed by atoms with E-state index in [0.29, 0.717) is 17.9 Å². The van der Waals surface area contributed by atoms with Gasteiger partial charge in [-0.15, -0.1) is 0 Å². The lowest BCUT2D eigenvalue weighted by Gasteiger charge is -2.07. The summed E-state index contributed by atoms with van der Waals surface area (Å²) in [5.41, 5.74) is 3.53. The number of nitrogens with zero attached hydrogens (tertiary/aromatic N) is 1. The highest BCUT2D eigenvalue weighted by Crippen LogP contribution is 2.25. The van der Waals surface area contributed by atoms with Crippen LogP contribution in [0.1, 0.15) is 25.3 Å². The van der Waals surface area contributed by atoms with Crippen molar-refractivity contribution in [2.45, 2.75) is 19.8 Å². The Morgan fingerprint density at radius 1 is 1.00 bits per heavy atom. The number of carbonyl (C=O) groups excluding carboxylic acids is 2. The van der Waals surface area contributed by atoms with Crippen molar-refractivity contribution in [2.24, 2.45) is 5.10 Å². The van der Waals surface area contributed by atoms with Crippen LogP contribution in [0.25, 0.3) is 10.8 Å². The first-order valence-electron chi connectivity index (χ1n) is 9.62. The topological polar surface area (TPSA) is 100 Å². The number of phenols is 1. The molecule has 0 bridgehead atoms. The lowest BCUT2D eigenvalue weighted by molar-refractivity contribution is -0.124. The number of aromatic hydroxyl groups is 1. The Hall–Kier alpha value is -3.87. The van der Waals surface area contributed by atoms with Crippen LogP contribution in [0.4, 0.5) is 5.69 Å². The molecule has 3 N–H and O–H groups in total. The van der Waals surface area contributed by atoms with E-state index in [1.54, 1.807) is 30.3 Å². The number of ether oxygens (including phenoxy) is 1. The highest BCUT2D eigenvalue weighted by molar-refractivity contribution is 6.02. The molecule has 0 aliphatic heterocycles. The lowest BCUT2D eigenvalue weighted by Crippen LogP contribution is -2.20. The Balaban J connectivity index is 1.49. The van der Waals surface area contributed by atoms with Crippen LogP contribution in [0.15, 0.2) is 65.8 Å². The number of nitrogens with one attached hydrogen (secondary N) is 2. The first-order valence-corrected chi connectivity index (χ1v) is 9.62. The van der Waals surface area contributed by atoms with Gasteiger partial charge in [-0.1, -0.05) is 30.3 Å². The largest absolute Gasteiger partial charge is 0.507 e. The van der Waals surface area contributed by atoms with Crippen molar-refractivity contribution in [3.05, 3.63) is 66.2 Å². The second kappa shape index (κ2) is 10.1. The molecule has 30 heavy (non-hydrogen) atoms. The minimum atomic E-state index is -0.396. The van der Waals surface area contributed by atoms with Gasteiger partial charge in [-0.2, -0.15) is 5.10 Å². The van der Waals surface area contributed by atoms with Gasteiger partial charge in [0.1, 0.15) is 11.5 Å². The maximum absolute atomic E-state index is 12.0. The highest BCUT2D eigenvalue weighted by Gasteiger charge is 2.08. The molecule has 7 heteroatoms. The number of anilines is 1. The molecule has 0 heterocycles. The van der Waals surface area contributed by atoms with Crippen LogP contribution in [0.3, 0.4) is 0 Å². The Labute approximate surface area is 174 Å². The predicted molar refractivity (Wildman–Crippen MR) is 117 cm³/mol. The zero-order chi connectivity index (χ0) is 21.3. The molecule has 2 amide bonds. The molecule has 7 nitrogen and oxygen atoms in total. The zero-order valence-corrected chi connectivity index (χ0v) is 16.6. The normalized spacial score (nSPS) is 10.8. The second-order valence-corrected chi connectivity index (χ2v) is 6.52. The third kappa shape index (κ3) is 5.57. The highest BCUT2D eigenvalue weighted by atomic mass is 16.5. The molecule has 0 aromatic heterocycles. The van der Waals surface area contributed by atoms with E-state index in [4.69, 9.17) is 4.74 Å². The van der Waals surface area contributed by atoms with E-state index < -0.39 is 5.91 Å². The zero-order valence-electron chi connectivity index (χ0n) is 16.6. The van der Waals surface area contributed by atoms with Crippen LogP contribution in [0.2, 0.25) is 0 Å². The van der Waals surface area contributed by atoms with Crippen molar-refractivity contribution in [1.29, 1.82) is 0 Å². The van der Waals surface area contributed by atoms with E-state index in [9.17, 15) is 14.7 Å². The molecule has 0 aliphatic rings. The summed E-state index contributed by atoms with van der Waals surface area (Å²) in [7, 11) is 0. The van der Waals surface area contributed by atoms with Crippen LogP contribution in [0.5, 0.6) is 11.5 Å². The molecule has 0 unspecified atom stereocenters. The fourth-order valence-electron chi connectivity index (χ4n) is 2.90. The van der Waals surface area contributed by atoms with Crippen LogP contribution < -0.4 is 15.5 Å². The Bertz CT molecular complexity index is 1060. The van der Waals surface area contributed by atoms with E-state index in [0.717, 1.165) is 16.5 Å². The molecule has 0 aliphatic carbocycles. The number of hydrazone groups is 1. The molecule has 154 valence electrons. The average Bonchev–Trinajstić information content (AvgIpc) is 2.75. The maximum atomic E-state index is 12.0. The number of carbonyl (C=O) groups is 2.